The Balaban J connectivity index is 1.83. The van der Waals surface area contributed by atoms with Gasteiger partial charge in [-0.3, -0.25) is 4.98 Å². The van der Waals surface area contributed by atoms with Crippen LogP contribution in [0.3, 0.4) is 0 Å². The number of halogens is 2. The van der Waals surface area contributed by atoms with Gasteiger partial charge in [-0.25, -0.2) is 4.39 Å². The van der Waals surface area contributed by atoms with Crippen LogP contribution in [0.5, 0.6) is 0 Å². The van der Waals surface area contributed by atoms with E-state index in [4.69, 9.17) is 4.42 Å². The van der Waals surface area contributed by atoms with Gasteiger partial charge in [0.2, 0.25) is 5.89 Å². The Hall–Kier alpha value is -2.32. The van der Waals surface area contributed by atoms with Gasteiger partial charge in [0, 0.05) is 41.9 Å². The lowest BCUT2D eigenvalue weighted by atomic mass is 10.0. The molecule has 3 aromatic rings. The Kier molecular flexibility index (Phi) is 5.72. The summed E-state index contributed by atoms with van der Waals surface area (Å²) in [6, 6.07) is 7.14. The predicted molar refractivity (Wildman–Crippen MR) is 96.9 cm³/mol. The van der Waals surface area contributed by atoms with Gasteiger partial charge >= 0.3 is 6.01 Å². The van der Waals surface area contributed by atoms with Gasteiger partial charge in [0.1, 0.15) is 5.82 Å². The second-order valence-corrected chi connectivity index (χ2v) is 6.30. The monoisotopic (exact) mass is 405 g/mol. The molecule has 0 bridgehead atoms. The van der Waals surface area contributed by atoms with Gasteiger partial charge in [0.15, 0.2) is 0 Å². The minimum atomic E-state index is -0.274. The number of likely N-dealkylation sites (N-methyl/N-ethyl adjacent to an activating group) is 1. The van der Waals surface area contributed by atoms with E-state index in [-0.39, 0.29) is 5.82 Å². The number of pyridine rings is 1. The largest absolute Gasteiger partial charge is 0.403 e. The summed E-state index contributed by atoms with van der Waals surface area (Å²) in [5.41, 5.74) is 2.13. The third-order valence-electron chi connectivity index (χ3n) is 3.61. The molecule has 0 spiro atoms. The maximum atomic E-state index is 14.1. The average molecular weight is 406 g/mol. The SMILES string of the molecule is CNCCNc1nnc(-c2ccncc2Cc2ccc(Br)cc2F)o1. The highest BCUT2D eigenvalue weighted by Gasteiger charge is 2.14. The van der Waals surface area contributed by atoms with Gasteiger partial charge < -0.3 is 15.1 Å². The molecule has 3 rings (SSSR count). The highest BCUT2D eigenvalue weighted by molar-refractivity contribution is 9.10. The molecule has 2 heterocycles. The quantitative estimate of drug-likeness (QED) is 0.587. The van der Waals surface area contributed by atoms with Crippen molar-refractivity contribution in [1.29, 1.82) is 0 Å². The third-order valence-corrected chi connectivity index (χ3v) is 4.10. The van der Waals surface area contributed by atoms with Crippen molar-refractivity contribution in [2.24, 2.45) is 0 Å². The molecule has 0 amide bonds. The summed E-state index contributed by atoms with van der Waals surface area (Å²) >= 11 is 3.26. The van der Waals surface area contributed by atoms with E-state index in [2.05, 4.69) is 41.7 Å². The lowest BCUT2D eigenvalue weighted by molar-refractivity contribution is 0.578. The first kappa shape index (κ1) is 17.5. The first-order valence-electron chi connectivity index (χ1n) is 7.76. The molecule has 2 aromatic heterocycles. The zero-order chi connectivity index (χ0) is 17.6. The van der Waals surface area contributed by atoms with Crippen molar-refractivity contribution in [3.63, 3.8) is 0 Å². The number of aromatic nitrogens is 3. The van der Waals surface area contributed by atoms with Crippen LogP contribution in [-0.2, 0) is 6.42 Å². The molecular weight excluding hydrogens is 389 g/mol. The molecule has 0 aliphatic heterocycles. The molecule has 0 atom stereocenters. The lowest BCUT2D eigenvalue weighted by Gasteiger charge is -2.07. The molecule has 0 saturated heterocycles. The van der Waals surface area contributed by atoms with E-state index < -0.39 is 0 Å². The second-order valence-electron chi connectivity index (χ2n) is 5.39. The topological polar surface area (TPSA) is 75.9 Å². The fraction of sp³-hybridized carbons (Fsp3) is 0.235. The van der Waals surface area contributed by atoms with Crippen LogP contribution in [0.25, 0.3) is 11.5 Å². The summed E-state index contributed by atoms with van der Waals surface area (Å²) in [5, 5.41) is 14.1. The maximum Gasteiger partial charge on any atom is 0.315 e. The normalized spacial score (nSPS) is 10.8. The predicted octanol–water partition coefficient (Wildman–Crippen LogP) is 3.26. The standard InChI is InChI=1S/C17H17BrFN5O/c1-20-6-7-22-17-24-23-16(25-17)14-4-5-21-10-12(14)8-11-2-3-13(18)9-15(11)19/h2-5,9-10,20H,6-8H2,1H3,(H,22,24). The summed E-state index contributed by atoms with van der Waals surface area (Å²) in [7, 11) is 1.87. The molecule has 0 saturated carbocycles. The van der Waals surface area contributed by atoms with Gasteiger partial charge in [-0.1, -0.05) is 27.1 Å². The Morgan fingerprint density at radius 3 is 2.84 bits per heavy atom. The summed E-state index contributed by atoms with van der Waals surface area (Å²) in [6.07, 6.45) is 3.72. The van der Waals surface area contributed by atoms with E-state index in [0.717, 1.165) is 17.7 Å². The first-order chi connectivity index (χ1) is 12.2. The van der Waals surface area contributed by atoms with Crippen molar-refractivity contribution < 1.29 is 8.81 Å². The maximum absolute atomic E-state index is 14.1. The van der Waals surface area contributed by atoms with E-state index in [1.165, 1.54) is 6.07 Å². The van der Waals surface area contributed by atoms with Gasteiger partial charge in [-0.15, -0.1) is 5.10 Å². The number of anilines is 1. The number of benzene rings is 1. The zero-order valence-electron chi connectivity index (χ0n) is 13.6. The van der Waals surface area contributed by atoms with E-state index in [1.807, 2.05) is 13.1 Å². The minimum Gasteiger partial charge on any atom is -0.403 e. The smallest absolute Gasteiger partial charge is 0.315 e. The summed E-state index contributed by atoms with van der Waals surface area (Å²) in [6.45, 7) is 1.45. The van der Waals surface area contributed by atoms with Crippen molar-refractivity contribution in [2.75, 3.05) is 25.5 Å². The summed E-state index contributed by atoms with van der Waals surface area (Å²) in [4.78, 5) is 4.14. The fourth-order valence-electron chi connectivity index (χ4n) is 2.34. The Morgan fingerprint density at radius 2 is 2.04 bits per heavy atom. The number of hydrogen-bond donors (Lipinski definition) is 2. The van der Waals surface area contributed by atoms with Gasteiger partial charge in [-0.2, -0.15) is 0 Å². The Morgan fingerprint density at radius 1 is 1.16 bits per heavy atom. The molecular formula is C17H17BrFN5O. The third kappa shape index (κ3) is 4.40. The van der Waals surface area contributed by atoms with Gasteiger partial charge in [0.05, 0.1) is 0 Å². The second kappa shape index (κ2) is 8.17. The lowest BCUT2D eigenvalue weighted by Crippen LogP contribution is -2.17. The van der Waals surface area contributed by atoms with E-state index in [1.54, 1.807) is 24.5 Å². The molecule has 8 heteroatoms. The molecule has 2 N–H and O–H groups in total. The first-order valence-corrected chi connectivity index (χ1v) is 8.56. The zero-order valence-corrected chi connectivity index (χ0v) is 15.2. The summed E-state index contributed by atoms with van der Waals surface area (Å²) in [5.74, 6) is 0.103. The molecule has 6 nitrogen and oxygen atoms in total. The van der Waals surface area contributed by atoms with Crippen molar-refractivity contribution in [3.8, 4) is 11.5 Å². The Labute approximate surface area is 153 Å². The fourth-order valence-corrected chi connectivity index (χ4v) is 2.68. The molecule has 0 aliphatic rings. The molecule has 0 aliphatic carbocycles. The van der Waals surface area contributed by atoms with E-state index >= 15 is 0 Å². The Bertz CT molecular complexity index is 855. The molecule has 1 aromatic carbocycles. The van der Waals surface area contributed by atoms with Crippen LogP contribution in [0.1, 0.15) is 11.1 Å². The number of nitrogens with zero attached hydrogens (tertiary/aromatic N) is 3. The summed E-state index contributed by atoms with van der Waals surface area (Å²) < 4.78 is 20.5. The van der Waals surface area contributed by atoms with Gasteiger partial charge in [-0.05, 0) is 36.4 Å². The molecule has 130 valence electrons. The molecule has 0 fully saturated rings. The van der Waals surface area contributed by atoms with Crippen molar-refractivity contribution in [2.45, 2.75) is 6.42 Å². The van der Waals surface area contributed by atoms with Crippen LogP contribution in [0.15, 0.2) is 45.5 Å². The van der Waals surface area contributed by atoms with Crippen LogP contribution in [0, 0.1) is 5.82 Å². The van der Waals surface area contributed by atoms with Crippen LogP contribution in [0.4, 0.5) is 10.4 Å². The van der Waals surface area contributed by atoms with Crippen molar-refractivity contribution in [1.82, 2.24) is 20.5 Å². The van der Waals surface area contributed by atoms with E-state index in [9.17, 15) is 4.39 Å². The molecule has 0 unspecified atom stereocenters. The van der Waals surface area contributed by atoms with Crippen molar-refractivity contribution in [3.05, 3.63) is 58.1 Å². The highest BCUT2D eigenvalue weighted by atomic mass is 79.9. The molecule has 0 radical (unpaired) electrons. The number of nitrogens with one attached hydrogen (secondary N) is 2. The number of hydrogen-bond acceptors (Lipinski definition) is 6. The van der Waals surface area contributed by atoms with Crippen LogP contribution in [-0.4, -0.2) is 35.3 Å². The number of rotatable bonds is 7. The van der Waals surface area contributed by atoms with Crippen LogP contribution < -0.4 is 10.6 Å². The van der Waals surface area contributed by atoms with E-state index in [0.29, 0.717) is 34.9 Å². The average Bonchev–Trinajstić information content (AvgIpc) is 3.07. The van der Waals surface area contributed by atoms with Crippen LogP contribution >= 0.6 is 15.9 Å². The van der Waals surface area contributed by atoms with Crippen LogP contribution in [0.2, 0.25) is 0 Å². The van der Waals surface area contributed by atoms with Gasteiger partial charge in [0.25, 0.3) is 0 Å². The highest BCUT2D eigenvalue weighted by Crippen LogP contribution is 2.26. The van der Waals surface area contributed by atoms with Crippen molar-refractivity contribution >= 4 is 21.9 Å². The molecule has 25 heavy (non-hydrogen) atoms. The minimum absolute atomic E-state index is 0.274.